The molecule has 0 amide bonds. The molecule has 0 aliphatic heterocycles. The highest BCUT2D eigenvalue weighted by Gasteiger charge is 2.12. The maximum atomic E-state index is 13.2. The second kappa shape index (κ2) is 5.97. The summed E-state index contributed by atoms with van der Waals surface area (Å²) < 4.78 is 13.2. The summed E-state index contributed by atoms with van der Waals surface area (Å²) >= 11 is 1.72. The highest BCUT2D eigenvalue weighted by atomic mass is 32.1. The summed E-state index contributed by atoms with van der Waals surface area (Å²) in [7, 11) is 1.92. The van der Waals surface area contributed by atoms with Crippen molar-refractivity contribution in [1.29, 1.82) is 0 Å². The van der Waals surface area contributed by atoms with Crippen LogP contribution >= 0.6 is 11.3 Å². The van der Waals surface area contributed by atoms with Crippen molar-refractivity contribution in [3.8, 4) is 0 Å². The molecule has 2 rings (SSSR count). The van der Waals surface area contributed by atoms with Crippen LogP contribution < -0.4 is 4.90 Å². The Morgan fingerprint density at radius 3 is 2.79 bits per heavy atom. The number of thiophene rings is 1. The van der Waals surface area contributed by atoms with Gasteiger partial charge in [0, 0.05) is 29.7 Å². The number of benzene rings is 1. The van der Waals surface area contributed by atoms with Crippen molar-refractivity contribution in [3.05, 3.63) is 52.0 Å². The standard InChI is InChI=1S/C15H16FNOS/c1-11(18)14-10-12(16)5-6-15(14)17(2)8-7-13-4-3-9-19-13/h3-6,9-10H,7-8H2,1-2H3. The second-order valence-corrected chi connectivity index (χ2v) is 5.50. The minimum Gasteiger partial charge on any atom is -0.374 e. The fourth-order valence-corrected chi connectivity index (χ4v) is 2.67. The monoisotopic (exact) mass is 277 g/mol. The molecular formula is C15H16FNOS. The number of halogens is 1. The number of nitrogens with zero attached hydrogens (tertiary/aromatic N) is 1. The third-order valence-corrected chi connectivity index (χ3v) is 3.96. The summed E-state index contributed by atoms with van der Waals surface area (Å²) in [4.78, 5) is 14.9. The highest BCUT2D eigenvalue weighted by Crippen LogP contribution is 2.22. The SMILES string of the molecule is CC(=O)c1cc(F)ccc1N(C)CCc1cccs1. The summed E-state index contributed by atoms with van der Waals surface area (Å²) in [5.41, 5.74) is 1.22. The largest absolute Gasteiger partial charge is 0.374 e. The minimum absolute atomic E-state index is 0.113. The number of ketones is 1. The first kappa shape index (κ1) is 13.7. The summed E-state index contributed by atoms with van der Waals surface area (Å²) in [6, 6.07) is 8.48. The van der Waals surface area contributed by atoms with Crippen molar-refractivity contribution in [2.24, 2.45) is 0 Å². The van der Waals surface area contributed by atoms with Crippen LogP contribution in [-0.4, -0.2) is 19.4 Å². The maximum absolute atomic E-state index is 13.2. The number of anilines is 1. The average molecular weight is 277 g/mol. The van der Waals surface area contributed by atoms with Crippen LogP contribution in [0.2, 0.25) is 0 Å². The number of carbonyl (C=O) groups excluding carboxylic acids is 1. The van der Waals surface area contributed by atoms with Gasteiger partial charge >= 0.3 is 0 Å². The Bertz CT molecular complexity index is 566. The zero-order valence-electron chi connectivity index (χ0n) is 11.0. The van der Waals surface area contributed by atoms with Crippen molar-refractivity contribution in [2.45, 2.75) is 13.3 Å². The van der Waals surface area contributed by atoms with Gasteiger partial charge in [0.05, 0.1) is 0 Å². The molecule has 0 aliphatic carbocycles. The molecule has 0 N–H and O–H groups in total. The van der Waals surface area contributed by atoms with Crippen molar-refractivity contribution in [3.63, 3.8) is 0 Å². The molecule has 1 aromatic carbocycles. The van der Waals surface area contributed by atoms with Gasteiger partial charge in [-0.1, -0.05) is 6.07 Å². The fraction of sp³-hybridized carbons (Fsp3) is 0.267. The van der Waals surface area contributed by atoms with E-state index in [4.69, 9.17) is 0 Å². The summed E-state index contributed by atoms with van der Waals surface area (Å²) in [5.74, 6) is -0.488. The smallest absolute Gasteiger partial charge is 0.161 e. The van der Waals surface area contributed by atoms with E-state index in [0.29, 0.717) is 5.56 Å². The molecule has 100 valence electrons. The first-order valence-corrected chi connectivity index (χ1v) is 7.00. The van der Waals surface area contributed by atoms with Crippen LogP contribution in [0.1, 0.15) is 22.2 Å². The number of rotatable bonds is 5. The van der Waals surface area contributed by atoms with Crippen LogP contribution in [0.25, 0.3) is 0 Å². The number of Topliss-reactive ketones (excluding diaryl/α,β-unsaturated/α-hetero) is 1. The van der Waals surface area contributed by atoms with E-state index in [1.807, 2.05) is 23.4 Å². The topological polar surface area (TPSA) is 20.3 Å². The number of hydrogen-bond donors (Lipinski definition) is 0. The molecule has 19 heavy (non-hydrogen) atoms. The van der Waals surface area contributed by atoms with Gasteiger partial charge in [-0.2, -0.15) is 0 Å². The molecule has 0 radical (unpaired) electrons. The van der Waals surface area contributed by atoms with E-state index >= 15 is 0 Å². The molecule has 0 fully saturated rings. The number of likely N-dealkylation sites (N-methyl/N-ethyl adjacent to an activating group) is 1. The first-order valence-electron chi connectivity index (χ1n) is 6.12. The molecule has 2 nitrogen and oxygen atoms in total. The first-order chi connectivity index (χ1) is 9.08. The lowest BCUT2D eigenvalue weighted by Crippen LogP contribution is -2.22. The molecule has 4 heteroatoms. The molecule has 1 aromatic heterocycles. The van der Waals surface area contributed by atoms with Gasteiger partial charge in [-0.3, -0.25) is 4.79 Å². The van der Waals surface area contributed by atoms with Gasteiger partial charge in [0.1, 0.15) is 5.82 Å². The van der Waals surface area contributed by atoms with Crippen LogP contribution in [-0.2, 0) is 6.42 Å². The van der Waals surface area contributed by atoms with Crippen molar-refractivity contribution in [2.75, 3.05) is 18.5 Å². The Morgan fingerprint density at radius 1 is 1.37 bits per heavy atom. The van der Waals surface area contributed by atoms with Gasteiger partial charge in [0.15, 0.2) is 5.78 Å². The van der Waals surface area contributed by atoms with Crippen molar-refractivity contribution in [1.82, 2.24) is 0 Å². The van der Waals surface area contributed by atoms with Gasteiger partial charge < -0.3 is 4.90 Å². The molecule has 0 spiro atoms. The molecule has 2 aromatic rings. The quantitative estimate of drug-likeness (QED) is 0.775. The third-order valence-electron chi connectivity index (χ3n) is 3.02. The van der Waals surface area contributed by atoms with Gasteiger partial charge in [-0.25, -0.2) is 4.39 Å². The van der Waals surface area contributed by atoms with Crippen LogP contribution in [0.15, 0.2) is 35.7 Å². The van der Waals surface area contributed by atoms with E-state index < -0.39 is 0 Å². The van der Waals surface area contributed by atoms with E-state index in [0.717, 1.165) is 18.7 Å². The maximum Gasteiger partial charge on any atom is 0.161 e. The molecule has 0 saturated heterocycles. The Balaban J connectivity index is 2.14. The lowest BCUT2D eigenvalue weighted by Gasteiger charge is -2.21. The van der Waals surface area contributed by atoms with Crippen LogP contribution in [0.3, 0.4) is 0 Å². The normalized spacial score (nSPS) is 10.5. The van der Waals surface area contributed by atoms with E-state index in [1.165, 1.54) is 23.9 Å². The van der Waals surface area contributed by atoms with E-state index in [1.54, 1.807) is 17.4 Å². The number of hydrogen-bond acceptors (Lipinski definition) is 3. The number of carbonyl (C=O) groups is 1. The van der Waals surface area contributed by atoms with Gasteiger partial charge in [0.2, 0.25) is 0 Å². The molecule has 0 saturated carbocycles. The molecule has 0 unspecified atom stereocenters. The van der Waals surface area contributed by atoms with E-state index in [-0.39, 0.29) is 11.6 Å². The van der Waals surface area contributed by atoms with Gasteiger partial charge in [-0.15, -0.1) is 11.3 Å². The van der Waals surface area contributed by atoms with Crippen LogP contribution in [0.4, 0.5) is 10.1 Å². The van der Waals surface area contributed by atoms with E-state index in [9.17, 15) is 9.18 Å². The lowest BCUT2D eigenvalue weighted by atomic mass is 10.1. The molecular weight excluding hydrogens is 261 g/mol. The fourth-order valence-electron chi connectivity index (χ4n) is 1.98. The van der Waals surface area contributed by atoms with E-state index in [2.05, 4.69) is 6.07 Å². The Hall–Kier alpha value is -1.68. The van der Waals surface area contributed by atoms with Gasteiger partial charge in [-0.05, 0) is 43.0 Å². The Labute approximate surface area is 116 Å². The van der Waals surface area contributed by atoms with Crippen molar-refractivity contribution >= 4 is 22.8 Å². The van der Waals surface area contributed by atoms with Gasteiger partial charge in [0.25, 0.3) is 0 Å². The summed E-state index contributed by atoms with van der Waals surface area (Å²) in [5, 5.41) is 2.05. The lowest BCUT2D eigenvalue weighted by molar-refractivity contribution is 0.101. The summed E-state index contributed by atoms with van der Waals surface area (Å²) in [6.45, 7) is 2.26. The van der Waals surface area contributed by atoms with Crippen LogP contribution in [0.5, 0.6) is 0 Å². The molecule has 0 atom stereocenters. The second-order valence-electron chi connectivity index (χ2n) is 4.47. The minimum atomic E-state index is -0.374. The zero-order chi connectivity index (χ0) is 13.8. The predicted octanol–water partition coefficient (Wildman–Crippen LogP) is 3.77. The average Bonchev–Trinajstić information content (AvgIpc) is 2.88. The predicted molar refractivity (Wildman–Crippen MR) is 77.7 cm³/mol. The molecule has 1 heterocycles. The van der Waals surface area contributed by atoms with Crippen LogP contribution in [0, 0.1) is 5.82 Å². The molecule has 0 bridgehead atoms. The van der Waals surface area contributed by atoms with Crippen molar-refractivity contribution < 1.29 is 9.18 Å². The highest BCUT2D eigenvalue weighted by molar-refractivity contribution is 7.09. The molecule has 0 aliphatic rings. The Kier molecular flexibility index (Phi) is 4.32. The zero-order valence-corrected chi connectivity index (χ0v) is 11.8. The summed E-state index contributed by atoms with van der Waals surface area (Å²) in [6.07, 6.45) is 0.920. The Morgan fingerprint density at radius 2 is 2.16 bits per heavy atom. The third kappa shape index (κ3) is 3.41.